The molecular weight excluding hydrogens is 206 g/mol. The van der Waals surface area contributed by atoms with Crippen LogP contribution >= 0.6 is 0 Å². The Balaban J connectivity index is 2.17. The molecule has 0 aliphatic rings. The van der Waals surface area contributed by atoms with Gasteiger partial charge in [0.15, 0.2) is 0 Å². The Bertz CT molecular complexity index is 474. The SMILES string of the molecule is C=CCNc1ccccc1Cc1ccccc1. The van der Waals surface area contributed by atoms with Crippen molar-refractivity contribution in [3.05, 3.63) is 78.4 Å². The lowest BCUT2D eigenvalue weighted by Gasteiger charge is -2.10. The molecule has 1 N–H and O–H groups in total. The summed E-state index contributed by atoms with van der Waals surface area (Å²) in [5.41, 5.74) is 3.84. The summed E-state index contributed by atoms with van der Waals surface area (Å²) in [5, 5.41) is 3.37. The molecule has 2 rings (SSSR count). The Morgan fingerprint density at radius 1 is 0.941 bits per heavy atom. The first-order chi connectivity index (χ1) is 8.40. The van der Waals surface area contributed by atoms with Crippen molar-refractivity contribution in [2.45, 2.75) is 6.42 Å². The highest BCUT2D eigenvalue weighted by Crippen LogP contribution is 2.18. The highest BCUT2D eigenvalue weighted by atomic mass is 14.9. The molecule has 0 bridgehead atoms. The van der Waals surface area contributed by atoms with Gasteiger partial charge < -0.3 is 5.32 Å². The number of nitrogens with one attached hydrogen (secondary N) is 1. The van der Waals surface area contributed by atoms with Crippen LogP contribution in [0.3, 0.4) is 0 Å². The standard InChI is InChI=1S/C16H17N/c1-2-12-17-16-11-7-6-10-15(16)13-14-8-4-3-5-9-14/h2-11,17H,1,12-13H2. The van der Waals surface area contributed by atoms with Gasteiger partial charge in [-0.15, -0.1) is 6.58 Å². The fourth-order valence-electron chi connectivity index (χ4n) is 1.84. The van der Waals surface area contributed by atoms with E-state index < -0.39 is 0 Å². The van der Waals surface area contributed by atoms with E-state index in [1.165, 1.54) is 16.8 Å². The Labute approximate surface area is 103 Å². The summed E-state index contributed by atoms with van der Waals surface area (Å²) in [4.78, 5) is 0. The van der Waals surface area contributed by atoms with Gasteiger partial charge in [-0.05, 0) is 23.6 Å². The van der Waals surface area contributed by atoms with E-state index in [-0.39, 0.29) is 0 Å². The Kier molecular flexibility index (Phi) is 3.98. The largest absolute Gasteiger partial charge is 0.381 e. The molecule has 0 saturated carbocycles. The Hall–Kier alpha value is -2.02. The van der Waals surface area contributed by atoms with Crippen molar-refractivity contribution >= 4 is 5.69 Å². The molecule has 0 unspecified atom stereocenters. The van der Waals surface area contributed by atoms with Crippen LogP contribution in [0.15, 0.2) is 67.3 Å². The Morgan fingerprint density at radius 2 is 1.65 bits per heavy atom. The molecule has 0 aromatic heterocycles. The van der Waals surface area contributed by atoms with E-state index in [9.17, 15) is 0 Å². The van der Waals surface area contributed by atoms with Crippen LogP contribution in [0.1, 0.15) is 11.1 Å². The quantitative estimate of drug-likeness (QED) is 0.759. The fourth-order valence-corrected chi connectivity index (χ4v) is 1.84. The first kappa shape index (κ1) is 11.5. The maximum atomic E-state index is 3.73. The molecule has 0 atom stereocenters. The minimum absolute atomic E-state index is 0.797. The molecule has 1 nitrogen and oxygen atoms in total. The molecule has 0 aliphatic heterocycles. The zero-order chi connectivity index (χ0) is 11.9. The lowest BCUT2D eigenvalue weighted by molar-refractivity contribution is 1.17. The minimum atomic E-state index is 0.797. The maximum Gasteiger partial charge on any atom is 0.0378 e. The highest BCUT2D eigenvalue weighted by molar-refractivity contribution is 5.53. The zero-order valence-electron chi connectivity index (χ0n) is 9.89. The molecule has 0 saturated heterocycles. The van der Waals surface area contributed by atoms with Crippen molar-refractivity contribution in [3.63, 3.8) is 0 Å². The average molecular weight is 223 g/mol. The van der Waals surface area contributed by atoms with E-state index in [1.54, 1.807) is 0 Å². The second-order valence-electron chi connectivity index (χ2n) is 3.99. The number of hydrogen-bond donors (Lipinski definition) is 1. The Morgan fingerprint density at radius 3 is 2.41 bits per heavy atom. The number of hydrogen-bond acceptors (Lipinski definition) is 1. The summed E-state index contributed by atoms with van der Waals surface area (Å²) in [5.74, 6) is 0. The van der Waals surface area contributed by atoms with Gasteiger partial charge in [0.1, 0.15) is 0 Å². The summed E-state index contributed by atoms with van der Waals surface area (Å²) < 4.78 is 0. The van der Waals surface area contributed by atoms with E-state index in [0.29, 0.717) is 0 Å². The van der Waals surface area contributed by atoms with Crippen LogP contribution in [-0.4, -0.2) is 6.54 Å². The average Bonchev–Trinajstić information content (AvgIpc) is 2.39. The third kappa shape index (κ3) is 3.22. The van der Waals surface area contributed by atoms with Crippen molar-refractivity contribution in [2.24, 2.45) is 0 Å². The van der Waals surface area contributed by atoms with Gasteiger partial charge in [-0.25, -0.2) is 0 Å². The van der Waals surface area contributed by atoms with Crippen LogP contribution in [0.5, 0.6) is 0 Å². The maximum absolute atomic E-state index is 3.73. The monoisotopic (exact) mass is 223 g/mol. The molecule has 0 radical (unpaired) electrons. The van der Waals surface area contributed by atoms with E-state index in [0.717, 1.165) is 13.0 Å². The van der Waals surface area contributed by atoms with Gasteiger partial charge in [0.2, 0.25) is 0 Å². The molecule has 2 aromatic carbocycles. The summed E-state index contributed by atoms with van der Waals surface area (Å²) in [7, 11) is 0. The van der Waals surface area contributed by atoms with Crippen LogP contribution in [0.25, 0.3) is 0 Å². The number of para-hydroxylation sites is 1. The number of benzene rings is 2. The lowest BCUT2D eigenvalue weighted by atomic mass is 10.0. The molecule has 0 fully saturated rings. The van der Waals surface area contributed by atoms with Crippen molar-refractivity contribution in [2.75, 3.05) is 11.9 Å². The summed E-state index contributed by atoms with van der Waals surface area (Å²) in [6.45, 7) is 4.52. The third-order valence-electron chi connectivity index (χ3n) is 2.69. The van der Waals surface area contributed by atoms with Gasteiger partial charge >= 0.3 is 0 Å². The van der Waals surface area contributed by atoms with Crippen molar-refractivity contribution in [3.8, 4) is 0 Å². The first-order valence-corrected chi connectivity index (χ1v) is 5.87. The van der Waals surface area contributed by atoms with E-state index in [1.807, 2.05) is 12.1 Å². The molecule has 0 spiro atoms. The zero-order valence-corrected chi connectivity index (χ0v) is 9.89. The summed E-state index contributed by atoms with van der Waals surface area (Å²) >= 11 is 0. The summed E-state index contributed by atoms with van der Waals surface area (Å²) in [6.07, 6.45) is 2.83. The highest BCUT2D eigenvalue weighted by Gasteiger charge is 2.01. The van der Waals surface area contributed by atoms with E-state index in [4.69, 9.17) is 0 Å². The smallest absolute Gasteiger partial charge is 0.0378 e. The fraction of sp³-hybridized carbons (Fsp3) is 0.125. The van der Waals surface area contributed by atoms with Gasteiger partial charge in [-0.2, -0.15) is 0 Å². The van der Waals surface area contributed by atoms with E-state index >= 15 is 0 Å². The van der Waals surface area contributed by atoms with Crippen LogP contribution in [0.2, 0.25) is 0 Å². The molecule has 86 valence electrons. The van der Waals surface area contributed by atoms with E-state index in [2.05, 4.69) is 60.4 Å². The molecule has 0 amide bonds. The van der Waals surface area contributed by atoms with Crippen LogP contribution in [0.4, 0.5) is 5.69 Å². The minimum Gasteiger partial charge on any atom is -0.381 e. The summed E-state index contributed by atoms with van der Waals surface area (Å²) in [6, 6.07) is 18.9. The van der Waals surface area contributed by atoms with Crippen LogP contribution in [-0.2, 0) is 6.42 Å². The van der Waals surface area contributed by atoms with Gasteiger partial charge in [0, 0.05) is 12.2 Å². The van der Waals surface area contributed by atoms with Crippen LogP contribution < -0.4 is 5.32 Å². The van der Waals surface area contributed by atoms with Crippen molar-refractivity contribution in [1.29, 1.82) is 0 Å². The first-order valence-electron chi connectivity index (χ1n) is 5.87. The van der Waals surface area contributed by atoms with Gasteiger partial charge in [-0.3, -0.25) is 0 Å². The molecular formula is C16H17N. The van der Waals surface area contributed by atoms with Gasteiger partial charge in [0.05, 0.1) is 0 Å². The van der Waals surface area contributed by atoms with Crippen LogP contribution in [0, 0.1) is 0 Å². The molecule has 0 heterocycles. The third-order valence-corrected chi connectivity index (χ3v) is 2.69. The van der Waals surface area contributed by atoms with Crippen molar-refractivity contribution in [1.82, 2.24) is 0 Å². The predicted octanol–water partition coefficient (Wildman–Crippen LogP) is 3.88. The lowest BCUT2D eigenvalue weighted by Crippen LogP contribution is -2.01. The van der Waals surface area contributed by atoms with Gasteiger partial charge in [0.25, 0.3) is 0 Å². The number of anilines is 1. The van der Waals surface area contributed by atoms with Crippen molar-refractivity contribution < 1.29 is 0 Å². The second-order valence-corrected chi connectivity index (χ2v) is 3.99. The van der Waals surface area contributed by atoms with Gasteiger partial charge in [-0.1, -0.05) is 54.6 Å². The molecule has 0 aliphatic carbocycles. The predicted molar refractivity (Wildman–Crippen MR) is 74.4 cm³/mol. The normalized spacial score (nSPS) is 9.88. The molecule has 17 heavy (non-hydrogen) atoms. The second kappa shape index (κ2) is 5.90. The topological polar surface area (TPSA) is 12.0 Å². The molecule has 1 heteroatoms. The molecule has 2 aromatic rings. The number of rotatable bonds is 5.